The molecule has 0 radical (unpaired) electrons. The number of ether oxygens (including phenoxy) is 2. The number of nitrogens with zero attached hydrogens (tertiary/aromatic N) is 1. The largest absolute Gasteiger partial charge is 0.493 e. The summed E-state index contributed by atoms with van der Waals surface area (Å²) in [5.41, 5.74) is 6.87. The van der Waals surface area contributed by atoms with Crippen LogP contribution in [0, 0.1) is 0 Å². The van der Waals surface area contributed by atoms with Gasteiger partial charge < -0.3 is 20.5 Å². The van der Waals surface area contributed by atoms with Crippen LogP contribution in [0.25, 0.3) is 0 Å². The van der Waals surface area contributed by atoms with Crippen LogP contribution >= 0.6 is 15.9 Å². The van der Waals surface area contributed by atoms with Crippen molar-refractivity contribution in [1.29, 1.82) is 0 Å². The van der Waals surface area contributed by atoms with Crippen molar-refractivity contribution in [3.63, 3.8) is 0 Å². The van der Waals surface area contributed by atoms with Gasteiger partial charge in [0.05, 0.1) is 25.2 Å². The number of nitrogens with one attached hydrogen (secondary N) is 1. The molecule has 0 saturated carbocycles. The highest BCUT2D eigenvalue weighted by atomic mass is 79.9. The number of guanidine groups is 1. The smallest absolute Gasteiger partial charge is 0.188 e. The van der Waals surface area contributed by atoms with Crippen LogP contribution in [0.4, 0.5) is 0 Å². The first-order valence-corrected chi connectivity index (χ1v) is 8.35. The van der Waals surface area contributed by atoms with Gasteiger partial charge in [-0.25, -0.2) is 4.99 Å². The Balaban J connectivity index is 2.55. The molecule has 0 aromatic heterocycles. The lowest BCUT2D eigenvalue weighted by Crippen LogP contribution is -2.32. The first-order chi connectivity index (χ1) is 10.6. The number of hydrogen-bond acceptors (Lipinski definition) is 3. The van der Waals surface area contributed by atoms with Gasteiger partial charge in [-0.05, 0) is 40.0 Å². The Kier molecular flexibility index (Phi) is 8.74. The highest BCUT2D eigenvalue weighted by Crippen LogP contribution is 2.36. The van der Waals surface area contributed by atoms with Gasteiger partial charge in [0.2, 0.25) is 0 Å². The van der Waals surface area contributed by atoms with E-state index in [-0.39, 0.29) is 0 Å². The van der Waals surface area contributed by atoms with E-state index in [2.05, 4.69) is 33.2 Å². The van der Waals surface area contributed by atoms with Gasteiger partial charge in [0, 0.05) is 6.54 Å². The van der Waals surface area contributed by atoms with Crippen LogP contribution in [-0.2, 0) is 6.54 Å². The molecular formula is C16H26BrN3O2. The molecule has 0 aliphatic rings. The lowest BCUT2D eigenvalue weighted by molar-refractivity contribution is 0.352. The van der Waals surface area contributed by atoms with Crippen LogP contribution < -0.4 is 20.5 Å². The van der Waals surface area contributed by atoms with Crippen molar-refractivity contribution in [2.24, 2.45) is 10.7 Å². The van der Waals surface area contributed by atoms with Crippen LogP contribution in [0.5, 0.6) is 11.5 Å². The molecule has 0 atom stereocenters. The molecule has 0 heterocycles. The van der Waals surface area contributed by atoms with Crippen molar-refractivity contribution < 1.29 is 9.47 Å². The van der Waals surface area contributed by atoms with Crippen LogP contribution in [0.1, 0.15) is 38.2 Å². The van der Waals surface area contributed by atoms with Crippen LogP contribution in [-0.4, -0.2) is 26.7 Å². The molecule has 0 saturated heterocycles. The Labute approximate surface area is 141 Å². The summed E-state index contributed by atoms with van der Waals surface area (Å²) >= 11 is 3.47. The van der Waals surface area contributed by atoms with Gasteiger partial charge in [0.25, 0.3) is 0 Å². The third-order valence-electron chi connectivity index (χ3n) is 3.26. The van der Waals surface area contributed by atoms with E-state index < -0.39 is 0 Å². The van der Waals surface area contributed by atoms with E-state index in [0.29, 0.717) is 24.0 Å². The number of halogens is 1. The van der Waals surface area contributed by atoms with Crippen molar-refractivity contribution in [3.8, 4) is 11.5 Å². The van der Waals surface area contributed by atoms with Crippen molar-refractivity contribution >= 4 is 21.9 Å². The minimum Gasteiger partial charge on any atom is -0.493 e. The number of rotatable bonds is 9. The van der Waals surface area contributed by atoms with E-state index in [1.165, 1.54) is 19.3 Å². The first-order valence-electron chi connectivity index (χ1n) is 7.56. The Bertz CT molecular complexity index is 493. The van der Waals surface area contributed by atoms with Crippen LogP contribution in [0.2, 0.25) is 0 Å². The lowest BCUT2D eigenvalue weighted by Gasteiger charge is -2.11. The quantitative estimate of drug-likeness (QED) is 0.396. The Morgan fingerprint density at radius 1 is 1.23 bits per heavy atom. The summed E-state index contributed by atoms with van der Waals surface area (Å²) in [6.45, 7) is 3.56. The van der Waals surface area contributed by atoms with Crippen LogP contribution in [0.3, 0.4) is 0 Å². The zero-order valence-electron chi connectivity index (χ0n) is 13.6. The number of hydrogen-bond donors (Lipinski definition) is 2. The molecule has 3 N–H and O–H groups in total. The van der Waals surface area contributed by atoms with Gasteiger partial charge in [-0.3, -0.25) is 0 Å². The normalized spacial score (nSPS) is 11.4. The maximum Gasteiger partial charge on any atom is 0.188 e. The average Bonchev–Trinajstić information content (AvgIpc) is 2.52. The van der Waals surface area contributed by atoms with Gasteiger partial charge in [-0.1, -0.05) is 26.2 Å². The highest BCUT2D eigenvalue weighted by molar-refractivity contribution is 9.10. The van der Waals surface area contributed by atoms with Gasteiger partial charge in [0.1, 0.15) is 0 Å². The van der Waals surface area contributed by atoms with Gasteiger partial charge >= 0.3 is 0 Å². The molecular weight excluding hydrogens is 346 g/mol. The molecule has 124 valence electrons. The molecule has 1 aromatic carbocycles. The fraction of sp³-hybridized carbons (Fsp3) is 0.562. The number of benzene rings is 1. The maximum atomic E-state index is 5.87. The number of aliphatic imine (C=N–C) groups is 1. The number of unbranched alkanes of at least 4 members (excludes halogenated alkanes) is 3. The molecule has 1 rings (SSSR count). The molecule has 0 spiro atoms. The zero-order valence-corrected chi connectivity index (χ0v) is 15.2. The van der Waals surface area contributed by atoms with Crippen LogP contribution in [0.15, 0.2) is 21.6 Å². The molecule has 0 amide bonds. The predicted molar refractivity (Wildman–Crippen MR) is 94.7 cm³/mol. The predicted octanol–water partition coefficient (Wildman–Crippen LogP) is 3.45. The molecule has 0 bridgehead atoms. The third-order valence-corrected chi connectivity index (χ3v) is 3.85. The second-order valence-corrected chi connectivity index (χ2v) is 5.86. The van der Waals surface area contributed by atoms with Crippen molar-refractivity contribution in [2.45, 2.75) is 39.2 Å². The monoisotopic (exact) mass is 371 g/mol. The summed E-state index contributed by atoms with van der Waals surface area (Å²) in [5.74, 6) is 1.83. The standard InChI is InChI=1S/C16H26BrN3O2/c1-4-5-6-7-8-19-16(18)20-11-12-9-13(17)15(22-3)14(10-12)21-2/h9-10H,4-8,11H2,1-3H3,(H3,18,19,20). The van der Waals surface area contributed by atoms with E-state index in [1.807, 2.05) is 12.1 Å². The molecule has 1 aromatic rings. The molecule has 0 fully saturated rings. The average molecular weight is 372 g/mol. The van der Waals surface area contributed by atoms with Gasteiger partial charge in [0.15, 0.2) is 17.5 Å². The lowest BCUT2D eigenvalue weighted by atomic mass is 10.2. The molecule has 0 aliphatic heterocycles. The maximum absolute atomic E-state index is 5.87. The topological polar surface area (TPSA) is 68.9 Å². The van der Waals surface area contributed by atoms with E-state index >= 15 is 0 Å². The second-order valence-electron chi connectivity index (χ2n) is 5.00. The Hall–Kier alpha value is -1.43. The SMILES string of the molecule is CCCCCCNC(N)=NCc1cc(Br)c(OC)c(OC)c1. The first kappa shape index (κ1) is 18.6. The third kappa shape index (κ3) is 6.13. The van der Waals surface area contributed by atoms with Crippen molar-refractivity contribution in [3.05, 3.63) is 22.2 Å². The second kappa shape index (κ2) is 10.3. The van der Waals surface area contributed by atoms with Gasteiger partial charge in [-0.2, -0.15) is 0 Å². The van der Waals surface area contributed by atoms with Crippen molar-refractivity contribution in [2.75, 3.05) is 20.8 Å². The van der Waals surface area contributed by atoms with Gasteiger partial charge in [-0.15, -0.1) is 0 Å². The molecule has 5 nitrogen and oxygen atoms in total. The Morgan fingerprint density at radius 3 is 2.64 bits per heavy atom. The van der Waals surface area contributed by atoms with E-state index in [1.54, 1.807) is 14.2 Å². The summed E-state index contributed by atoms with van der Waals surface area (Å²) < 4.78 is 11.4. The minimum atomic E-state index is 0.474. The highest BCUT2D eigenvalue weighted by Gasteiger charge is 2.10. The fourth-order valence-electron chi connectivity index (χ4n) is 2.06. The molecule has 22 heavy (non-hydrogen) atoms. The summed E-state index contributed by atoms with van der Waals surface area (Å²) in [5, 5.41) is 3.14. The van der Waals surface area contributed by atoms with E-state index in [0.717, 1.165) is 23.0 Å². The minimum absolute atomic E-state index is 0.474. The Morgan fingerprint density at radius 2 is 2.00 bits per heavy atom. The number of methoxy groups -OCH3 is 2. The summed E-state index contributed by atoms with van der Waals surface area (Å²) in [7, 11) is 3.23. The zero-order chi connectivity index (χ0) is 16.4. The summed E-state index contributed by atoms with van der Waals surface area (Å²) in [6.07, 6.45) is 4.83. The number of nitrogens with two attached hydrogens (primary N) is 1. The summed E-state index contributed by atoms with van der Waals surface area (Å²) in [6, 6.07) is 3.86. The fourth-order valence-corrected chi connectivity index (χ4v) is 2.71. The van der Waals surface area contributed by atoms with E-state index in [4.69, 9.17) is 15.2 Å². The summed E-state index contributed by atoms with van der Waals surface area (Å²) in [4.78, 5) is 4.35. The molecule has 0 aliphatic carbocycles. The van der Waals surface area contributed by atoms with Crippen molar-refractivity contribution in [1.82, 2.24) is 5.32 Å². The molecule has 6 heteroatoms. The van der Waals surface area contributed by atoms with E-state index in [9.17, 15) is 0 Å². The molecule has 0 unspecified atom stereocenters.